The lowest BCUT2D eigenvalue weighted by molar-refractivity contribution is -0.386. The number of phenols is 1. The van der Waals surface area contributed by atoms with Crippen LogP contribution in [0.25, 0.3) is 0 Å². The number of hydrogen-bond donors (Lipinski definition) is 2. The van der Waals surface area contributed by atoms with Crippen molar-refractivity contribution in [2.24, 2.45) is 5.92 Å². The molecule has 40 heavy (non-hydrogen) atoms. The third-order valence-electron chi connectivity index (χ3n) is 8.11. The van der Waals surface area contributed by atoms with Crippen molar-refractivity contribution in [2.75, 3.05) is 14.2 Å². The number of carbonyl (C=O) groups is 2. The number of ketones is 1. The van der Waals surface area contributed by atoms with Gasteiger partial charge in [0, 0.05) is 41.3 Å². The highest BCUT2D eigenvalue weighted by Crippen LogP contribution is 2.50. The van der Waals surface area contributed by atoms with Crippen LogP contribution < -0.4 is 14.8 Å². The largest absolute Gasteiger partial charge is 0.500 e. The number of ether oxygens (including phenoxy) is 3. The number of aromatic hydroxyl groups is 1. The summed E-state index contributed by atoms with van der Waals surface area (Å²) < 4.78 is 16.6. The maximum Gasteiger partial charge on any atom is 0.316 e. The fourth-order valence-electron chi connectivity index (χ4n) is 6.24. The zero-order valence-electron chi connectivity index (χ0n) is 22.5. The van der Waals surface area contributed by atoms with Gasteiger partial charge >= 0.3 is 11.7 Å². The number of rotatable bonds is 7. The number of para-hydroxylation sites is 1. The topological polar surface area (TPSA) is 137 Å². The van der Waals surface area contributed by atoms with Crippen LogP contribution in [0.3, 0.4) is 0 Å². The molecule has 10 heteroatoms. The van der Waals surface area contributed by atoms with Gasteiger partial charge in [-0.2, -0.15) is 0 Å². The Hall–Kier alpha value is -4.34. The van der Waals surface area contributed by atoms with Crippen LogP contribution in [0.4, 0.5) is 5.69 Å². The van der Waals surface area contributed by atoms with E-state index in [1.54, 1.807) is 7.11 Å². The van der Waals surface area contributed by atoms with E-state index in [0.717, 1.165) is 31.2 Å². The van der Waals surface area contributed by atoms with Crippen LogP contribution in [-0.4, -0.2) is 42.1 Å². The molecule has 0 saturated heterocycles. The van der Waals surface area contributed by atoms with Gasteiger partial charge in [0.05, 0.1) is 19.1 Å². The van der Waals surface area contributed by atoms with E-state index in [9.17, 15) is 24.8 Å². The van der Waals surface area contributed by atoms with E-state index in [1.165, 1.54) is 19.2 Å². The second-order valence-corrected chi connectivity index (χ2v) is 10.5. The van der Waals surface area contributed by atoms with Gasteiger partial charge in [-0.25, -0.2) is 0 Å². The molecule has 2 aliphatic carbocycles. The maximum atomic E-state index is 13.9. The van der Waals surface area contributed by atoms with Crippen LogP contribution >= 0.6 is 0 Å². The molecule has 2 N–H and O–H groups in total. The van der Waals surface area contributed by atoms with Gasteiger partial charge in [-0.3, -0.25) is 19.7 Å². The first-order chi connectivity index (χ1) is 19.2. The van der Waals surface area contributed by atoms with E-state index < -0.39 is 34.2 Å². The molecule has 210 valence electrons. The fraction of sp³-hybridized carbons (Fsp3) is 0.400. The van der Waals surface area contributed by atoms with Crippen LogP contribution in [0.1, 0.15) is 61.5 Å². The number of nitrogens with zero attached hydrogens (tertiary/aromatic N) is 1. The molecule has 3 aliphatic rings. The predicted octanol–water partition coefficient (Wildman–Crippen LogP) is 5.02. The Balaban J connectivity index is 1.63. The lowest BCUT2D eigenvalue weighted by atomic mass is 9.69. The average molecular weight is 549 g/mol. The standard InChI is InChI=1S/C30H32N2O8/c1-16-26(30(35)40-19-8-4-5-9-19)27(18-13-22(32(36)37)29(34)25(15-18)39-3)28-21(31-16)12-17(14-23(28)33)20-10-6-7-11-24(20)38-2/h6-7,10-11,13,15,17,19,26-27,31,34H,1,4-5,8-9,12,14H2,2-3H3. The summed E-state index contributed by atoms with van der Waals surface area (Å²) in [7, 11) is 2.86. The van der Waals surface area contributed by atoms with Crippen molar-refractivity contribution < 1.29 is 33.8 Å². The molecule has 3 atom stereocenters. The van der Waals surface area contributed by atoms with E-state index in [4.69, 9.17) is 14.2 Å². The van der Waals surface area contributed by atoms with Gasteiger partial charge in [0.2, 0.25) is 5.75 Å². The first-order valence-electron chi connectivity index (χ1n) is 13.3. The summed E-state index contributed by atoms with van der Waals surface area (Å²) in [5, 5.41) is 25.5. The van der Waals surface area contributed by atoms with Crippen molar-refractivity contribution in [3.8, 4) is 17.2 Å². The highest BCUT2D eigenvalue weighted by atomic mass is 16.6. The molecule has 1 aliphatic heterocycles. The number of nitro groups is 1. The van der Waals surface area contributed by atoms with Crippen LogP contribution in [0.5, 0.6) is 17.2 Å². The van der Waals surface area contributed by atoms with Crippen molar-refractivity contribution in [3.63, 3.8) is 0 Å². The Kier molecular flexibility index (Phi) is 7.51. The predicted molar refractivity (Wildman–Crippen MR) is 145 cm³/mol. The molecule has 2 aromatic carbocycles. The smallest absolute Gasteiger partial charge is 0.316 e. The molecule has 10 nitrogen and oxygen atoms in total. The lowest BCUT2D eigenvalue weighted by Gasteiger charge is -2.40. The Morgan fingerprint density at radius 3 is 2.48 bits per heavy atom. The van der Waals surface area contributed by atoms with Gasteiger partial charge in [0.1, 0.15) is 17.8 Å². The third-order valence-corrected chi connectivity index (χ3v) is 8.11. The Morgan fingerprint density at radius 1 is 1.10 bits per heavy atom. The Morgan fingerprint density at radius 2 is 1.80 bits per heavy atom. The molecule has 3 unspecified atom stereocenters. The fourth-order valence-corrected chi connectivity index (χ4v) is 6.24. The summed E-state index contributed by atoms with van der Waals surface area (Å²) in [5.74, 6) is -2.95. The summed E-state index contributed by atoms with van der Waals surface area (Å²) in [4.78, 5) is 38.7. The highest BCUT2D eigenvalue weighted by Gasteiger charge is 2.47. The van der Waals surface area contributed by atoms with Crippen molar-refractivity contribution in [1.82, 2.24) is 5.32 Å². The summed E-state index contributed by atoms with van der Waals surface area (Å²) in [6.45, 7) is 4.14. The van der Waals surface area contributed by atoms with Gasteiger partial charge in [0.15, 0.2) is 11.5 Å². The zero-order valence-corrected chi connectivity index (χ0v) is 22.5. The monoisotopic (exact) mass is 548 g/mol. The van der Waals surface area contributed by atoms with Crippen LogP contribution in [0.2, 0.25) is 0 Å². The SMILES string of the molecule is C=C1NC2=C(C(=O)CC(c3ccccc3OC)C2)C(c2cc(OC)c(O)c([N+](=O)[O-])c2)C1C(=O)OC1CCCC1. The summed E-state index contributed by atoms with van der Waals surface area (Å²) >= 11 is 0. The minimum absolute atomic E-state index is 0.131. The normalized spacial score (nSPS) is 22.9. The number of nitro benzene ring substituents is 1. The number of Topliss-reactive ketones (excluding diaryl/α,β-unsaturated/α-hetero) is 1. The molecular weight excluding hydrogens is 516 g/mol. The molecule has 1 saturated carbocycles. The molecule has 2 aromatic rings. The van der Waals surface area contributed by atoms with Gasteiger partial charge < -0.3 is 24.6 Å². The second kappa shape index (κ2) is 11.0. The van der Waals surface area contributed by atoms with Crippen molar-refractivity contribution >= 4 is 17.4 Å². The van der Waals surface area contributed by atoms with Crippen LogP contribution in [0, 0.1) is 16.0 Å². The van der Waals surface area contributed by atoms with Crippen molar-refractivity contribution in [1.29, 1.82) is 0 Å². The minimum Gasteiger partial charge on any atom is -0.500 e. The molecule has 1 fully saturated rings. The summed E-state index contributed by atoms with van der Waals surface area (Å²) in [5.41, 5.74) is 1.89. The number of hydrogen-bond acceptors (Lipinski definition) is 9. The number of allylic oxidation sites excluding steroid dienone is 2. The van der Waals surface area contributed by atoms with E-state index in [-0.39, 0.29) is 35.5 Å². The van der Waals surface area contributed by atoms with Gasteiger partial charge in [0.25, 0.3) is 0 Å². The van der Waals surface area contributed by atoms with E-state index in [0.29, 0.717) is 29.1 Å². The van der Waals surface area contributed by atoms with Crippen LogP contribution in [-0.2, 0) is 14.3 Å². The van der Waals surface area contributed by atoms with Crippen molar-refractivity contribution in [2.45, 2.75) is 56.5 Å². The number of nitrogens with one attached hydrogen (secondary N) is 1. The van der Waals surface area contributed by atoms with E-state index >= 15 is 0 Å². The highest BCUT2D eigenvalue weighted by molar-refractivity contribution is 6.01. The quantitative estimate of drug-likeness (QED) is 0.277. The molecule has 0 spiro atoms. The van der Waals surface area contributed by atoms with Crippen LogP contribution in [0.15, 0.2) is 59.9 Å². The molecule has 0 amide bonds. The first kappa shape index (κ1) is 27.2. The molecule has 0 bridgehead atoms. The number of phenolic OH excluding ortho intramolecular Hbond substituents is 1. The Bertz CT molecular complexity index is 1410. The second-order valence-electron chi connectivity index (χ2n) is 10.5. The number of carbonyl (C=O) groups excluding carboxylic acids is 2. The van der Waals surface area contributed by atoms with Gasteiger partial charge in [-0.1, -0.05) is 24.8 Å². The molecule has 0 radical (unpaired) electrons. The van der Waals surface area contributed by atoms with Gasteiger partial charge in [-0.05, 0) is 55.4 Å². The Labute approximate surface area is 231 Å². The van der Waals surface area contributed by atoms with Crippen molar-refractivity contribution in [3.05, 3.63) is 81.2 Å². The lowest BCUT2D eigenvalue weighted by Crippen LogP contribution is -2.42. The summed E-state index contributed by atoms with van der Waals surface area (Å²) in [6, 6.07) is 10.1. The maximum absolute atomic E-state index is 13.9. The molecule has 1 heterocycles. The molecular formula is C30H32N2O8. The average Bonchev–Trinajstić information content (AvgIpc) is 3.45. The zero-order chi connectivity index (χ0) is 28.6. The first-order valence-corrected chi connectivity index (χ1v) is 13.3. The minimum atomic E-state index is -1.01. The third kappa shape index (κ3) is 4.89. The molecule has 0 aromatic heterocycles. The molecule has 5 rings (SSSR count). The number of benzene rings is 2. The van der Waals surface area contributed by atoms with E-state index in [2.05, 4.69) is 11.9 Å². The van der Waals surface area contributed by atoms with E-state index in [1.807, 2.05) is 24.3 Å². The summed E-state index contributed by atoms with van der Waals surface area (Å²) in [6.07, 6.45) is 3.82. The number of methoxy groups -OCH3 is 2. The number of esters is 1. The van der Waals surface area contributed by atoms with Gasteiger partial charge in [-0.15, -0.1) is 0 Å².